The lowest BCUT2D eigenvalue weighted by Crippen LogP contribution is -2.38. The zero-order valence-corrected chi connectivity index (χ0v) is 13.8. The SMILES string of the molecule is Cc1ccccc1CC(=O)NC(CBr)Cc1ccccc1. The Hall–Kier alpha value is -1.61. The average Bonchev–Trinajstić information content (AvgIpc) is 2.50. The number of nitrogens with one attached hydrogen (secondary N) is 1. The molecule has 0 aliphatic rings. The lowest BCUT2D eigenvalue weighted by molar-refractivity contribution is -0.121. The van der Waals surface area contributed by atoms with Crippen molar-refractivity contribution >= 4 is 21.8 Å². The maximum absolute atomic E-state index is 12.2. The molecule has 0 bridgehead atoms. The quantitative estimate of drug-likeness (QED) is 0.795. The predicted octanol–water partition coefficient (Wildman–Crippen LogP) is 3.66. The lowest BCUT2D eigenvalue weighted by atomic mass is 10.0. The van der Waals surface area contributed by atoms with Gasteiger partial charge in [0.05, 0.1) is 6.42 Å². The van der Waals surface area contributed by atoms with Gasteiger partial charge in [0.15, 0.2) is 0 Å². The molecule has 0 saturated carbocycles. The van der Waals surface area contributed by atoms with Crippen LogP contribution < -0.4 is 5.32 Å². The Bertz CT molecular complexity index is 583. The third-order valence-electron chi connectivity index (χ3n) is 3.49. The van der Waals surface area contributed by atoms with E-state index in [-0.39, 0.29) is 11.9 Å². The zero-order chi connectivity index (χ0) is 15.1. The second-order valence-electron chi connectivity index (χ2n) is 5.21. The Balaban J connectivity index is 1.92. The van der Waals surface area contributed by atoms with Gasteiger partial charge in [0, 0.05) is 11.4 Å². The van der Waals surface area contributed by atoms with Crippen molar-refractivity contribution in [1.29, 1.82) is 0 Å². The van der Waals surface area contributed by atoms with Crippen LogP contribution in [0.25, 0.3) is 0 Å². The van der Waals surface area contributed by atoms with Crippen LogP contribution in [0.2, 0.25) is 0 Å². The summed E-state index contributed by atoms with van der Waals surface area (Å²) in [5.74, 6) is 0.0738. The molecule has 1 atom stereocenters. The molecule has 0 saturated heterocycles. The Kier molecular flexibility index (Phi) is 6.00. The normalized spacial score (nSPS) is 11.9. The fraction of sp³-hybridized carbons (Fsp3) is 0.278. The number of rotatable bonds is 6. The largest absolute Gasteiger partial charge is 0.352 e. The minimum absolute atomic E-state index is 0.0738. The van der Waals surface area contributed by atoms with Crippen LogP contribution in [-0.4, -0.2) is 17.3 Å². The lowest BCUT2D eigenvalue weighted by Gasteiger charge is -2.17. The van der Waals surface area contributed by atoms with E-state index in [1.54, 1.807) is 0 Å². The first-order chi connectivity index (χ1) is 10.2. The first-order valence-corrected chi connectivity index (χ1v) is 8.25. The second-order valence-corrected chi connectivity index (χ2v) is 5.86. The van der Waals surface area contributed by atoms with E-state index in [4.69, 9.17) is 0 Å². The highest BCUT2D eigenvalue weighted by Gasteiger charge is 2.12. The number of hydrogen-bond donors (Lipinski definition) is 1. The molecule has 0 spiro atoms. The molecule has 0 aliphatic carbocycles. The summed E-state index contributed by atoms with van der Waals surface area (Å²) in [5, 5.41) is 3.86. The van der Waals surface area contributed by atoms with Gasteiger partial charge in [0.25, 0.3) is 0 Å². The fourth-order valence-electron chi connectivity index (χ4n) is 2.30. The van der Waals surface area contributed by atoms with Gasteiger partial charge >= 0.3 is 0 Å². The van der Waals surface area contributed by atoms with Gasteiger partial charge in [-0.25, -0.2) is 0 Å². The first-order valence-electron chi connectivity index (χ1n) is 7.13. The van der Waals surface area contributed by atoms with Crippen molar-refractivity contribution in [3.05, 3.63) is 71.3 Å². The summed E-state index contributed by atoms with van der Waals surface area (Å²) in [7, 11) is 0. The average molecular weight is 346 g/mol. The van der Waals surface area contributed by atoms with Crippen LogP contribution in [0.5, 0.6) is 0 Å². The molecule has 21 heavy (non-hydrogen) atoms. The standard InChI is InChI=1S/C18H20BrNO/c1-14-7-5-6-10-16(14)12-18(21)20-17(13-19)11-15-8-3-2-4-9-15/h2-10,17H,11-13H2,1H3,(H,20,21). The number of carbonyl (C=O) groups is 1. The van der Waals surface area contributed by atoms with Crippen molar-refractivity contribution in [3.8, 4) is 0 Å². The molecular weight excluding hydrogens is 326 g/mol. The summed E-state index contributed by atoms with van der Waals surface area (Å²) >= 11 is 3.49. The molecule has 110 valence electrons. The Morgan fingerprint density at radius 2 is 1.76 bits per heavy atom. The summed E-state index contributed by atoms with van der Waals surface area (Å²) in [5.41, 5.74) is 3.48. The molecule has 3 heteroatoms. The second kappa shape index (κ2) is 7.99. The summed E-state index contributed by atoms with van der Waals surface area (Å²) in [4.78, 5) is 12.2. The fourth-order valence-corrected chi connectivity index (χ4v) is 2.69. The first kappa shape index (κ1) is 15.8. The van der Waals surface area contributed by atoms with Crippen molar-refractivity contribution in [2.24, 2.45) is 0 Å². The van der Waals surface area contributed by atoms with Crippen molar-refractivity contribution < 1.29 is 4.79 Å². The Labute approximate surface area is 134 Å². The van der Waals surface area contributed by atoms with Crippen LogP contribution in [0.15, 0.2) is 54.6 Å². The van der Waals surface area contributed by atoms with E-state index in [0.717, 1.165) is 22.9 Å². The Morgan fingerprint density at radius 3 is 2.43 bits per heavy atom. The summed E-state index contributed by atoms with van der Waals surface area (Å²) in [6.07, 6.45) is 1.27. The van der Waals surface area contributed by atoms with E-state index in [0.29, 0.717) is 6.42 Å². The number of benzene rings is 2. The number of alkyl halides is 1. The van der Waals surface area contributed by atoms with Gasteiger partial charge < -0.3 is 5.32 Å². The number of hydrogen-bond acceptors (Lipinski definition) is 1. The minimum atomic E-state index is 0.0738. The predicted molar refractivity (Wildman–Crippen MR) is 90.8 cm³/mol. The topological polar surface area (TPSA) is 29.1 Å². The van der Waals surface area contributed by atoms with Crippen LogP contribution in [0.1, 0.15) is 16.7 Å². The molecule has 0 radical (unpaired) electrons. The maximum atomic E-state index is 12.2. The smallest absolute Gasteiger partial charge is 0.224 e. The van der Waals surface area contributed by atoms with Crippen molar-refractivity contribution in [2.45, 2.75) is 25.8 Å². The summed E-state index contributed by atoms with van der Waals surface area (Å²) in [6.45, 7) is 2.04. The van der Waals surface area contributed by atoms with Crippen LogP contribution >= 0.6 is 15.9 Å². The van der Waals surface area contributed by atoms with E-state index in [1.165, 1.54) is 5.56 Å². The van der Waals surface area contributed by atoms with E-state index in [2.05, 4.69) is 33.4 Å². The number of halogens is 1. The highest BCUT2D eigenvalue weighted by Crippen LogP contribution is 2.09. The van der Waals surface area contributed by atoms with Crippen LogP contribution in [0, 0.1) is 6.92 Å². The molecule has 0 aromatic heterocycles. The molecule has 0 heterocycles. The van der Waals surface area contributed by atoms with Gasteiger partial charge in [-0.15, -0.1) is 0 Å². The summed E-state index contributed by atoms with van der Waals surface area (Å²) in [6, 6.07) is 18.4. The molecule has 2 rings (SSSR count). The molecule has 1 unspecified atom stereocenters. The Morgan fingerprint density at radius 1 is 1.10 bits per heavy atom. The van der Waals surface area contributed by atoms with E-state index < -0.39 is 0 Å². The molecule has 0 aliphatic heterocycles. The van der Waals surface area contributed by atoms with E-state index >= 15 is 0 Å². The van der Waals surface area contributed by atoms with Crippen LogP contribution in [-0.2, 0) is 17.6 Å². The van der Waals surface area contributed by atoms with Gasteiger partial charge in [0.1, 0.15) is 0 Å². The van der Waals surface area contributed by atoms with Crippen molar-refractivity contribution in [3.63, 3.8) is 0 Å². The zero-order valence-electron chi connectivity index (χ0n) is 12.2. The molecule has 2 aromatic rings. The summed E-state index contributed by atoms with van der Waals surface area (Å²) < 4.78 is 0. The highest BCUT2D eigenvalue weighted by atomic mass is 79.9. The van der Waals surface area contributed by atoms with Gasteiger partial charge in [-0.05, 0) is 30.0 Å². The van der Waals surface area contributed by atoms with Gasteiger partial charge in [-0.1, -0.05) is 70.5 Å². The van der Waals surface area contributed by atoms with Gasteiger partial charge in [-0.3, -0.25) is 4.79 Å². The molecule has 2 nitrogen and oxygen atoms in total. The highest BCUT2D eigenvalue weighted by molar-refractivity contribution is 9.09. The molecular formula is C18H20BrNO. The minimum Gasteiger partial charge on any atom is -0.352 e. The van der Waals surface area contributed by atoms with E-state index in [1.807, 2.05) is 49.4 Å². The number of carbonyl (C=O) groups excluding carboxylic acids is 1. The molecule has 1 N–H and O–H groups in total. The van der Waals surface area contributed by atoms with Crippen LogP contribution in [0.3, 0.4) is 0 Å². The number of aryl methyl sites for hydroxylation is 1. The monoisotopic (exact) mass is 345 g/mol. The number of amides is 1. The molecule has 2 aromatic carbocycles. The third kappa shape index (κ3) is 5.01. The molecule has 0 fully saturated rings. The van der Waals surface area contributed by atoms with Crippen molar-refractivity contribution in [2.75, 3.05) is 5.33 Å². The van der Waals surface area contributed by atoms with Crippen LogP contribution in [0.4, 0.5) is 0 Å². The van der Waals surface area contributed by atoms with Gasteiger partial charge in [-0.2, -0.15) is 0 Å². The van der Waals surface area contributed by atoms with Crippen molar-refractivity contribution in [1.82, 2.24) is 5.32 Å². The maximum Gasteiger partial charge on any atom is 0.224 e. The van der Waals surface area contributed by atoms with Gasteiger partial charge in [0.2, 0.25) is 5.91 Å². The van der Waals surface area contributed by atoms with E-state index in [9.17, 15) is 4.79 Å². The molecule has 1 amide bonds. The third-order valence-corrected chi connectivity index (χ3v) is 4.27.